The largest absolute Gasteiger partial charge is 0.368 e. The number of benzene rings is 1. The second-order valence-corrected chi connectivity index (χ2v) is 7.93. The van der Waals surface area contributed by atoms with E-state index in [2.05, 4.69) is 83.5 Å². The van der Waals surface area contributed by atoms with E-state index < -0.39 is 0 Å². The average molecular weight is 398 g/mol. The van der Waals surface area contributed by atoms with Gasteiger partial charge in [-0.05, 0) is 45.6 Å². The monoisotopic (exact) mass is 397 g/mol. The van der Waals surface area contributed by atoms with Crippen LogP contribution in [0.3, 0.4) is 0 Å². The third-order valence-electron chi connectivity index (χ3n) is 5.43. The molecule has 0 amide bonds. The van der Waals surface area contributed by atoms with E-state index in [1.807, 2.05) is 17.9 Å². The van der Waals surface area contributed by atoms with Crippen molar-refractivity contribution in [3.05, 3.63) is 47.8 Å². The number of aryl methyl sites for hydroxylation is 2. The van der Waals surface area contributed by atoms with Gasteiger partial charge in [-0.3, -0.25) is 9.67 Å². The Morgan fingerprint density at radius 2 is 2.00 bits per heavy atom. The van der Waals surface area contributed by atoms with E-state index in [0.29, 0.717) is 6.54 Å². The molecule has 0 bridgehead atoms. The highest BCUT2D eigenvalue weighted by Crippen LogP contribution is 2.19. The van der Waals surface area contributed by atoms with E-state index in [1.165, 1.54) is 16.8 Å². The van der Waals surface area contributed by atoms with Crippen molar-refractivity contribution in [2.45, 2.75) is 19.9 Å². The van der Waals surface area contributed by atoms with Gasteiger partial charge >= 0.3 is 0 Å². The van der Waals surface area contributed by atoms with Gasteiger partial charge in [-0.25, -0.2) is 0 Å². The first-order chi connectivity index (χ1) is 14.0. The predicted octanol–water partition coefficient (Wildman–Crippen LogP) is 2.12. The first-order valence-corrected chi connectivity index (χ1v) is 10.5. The second kappa shape index (κ2) is 9.78. The van der Waals surface area contributed by atoms with Crippen molar-refractivity contribution in [1.29, 1.82) is 0 Å². The van der Waals surface area contributed by atoms with Crippen molar-refractivity contribution in [3.63, 3.8) is 0 Å². The van der Waals surface area contributed by atoms with Gasteiger partial charge in [0.15, 0.2) is 5.96 Å². The third kappa shape index (κ3) is 5.50. The summed E-state index contributed by atoms with van der Waals surface area (Å²) >= 11 is 0. The molecule has 1 saturated heterocycles. The minimum Gasteiger partial charge on any atom is -0.368 e. The van der Waals surface area contributed by atoms with Crippen LogP contribution in [0.15, 0.2) is 41.7 Å². The number of likely N-dealkylation sites (N-methyl/N-ethyl adjacent to an activating group) is 1. The summed E-state index contributed by atoms with van der Waals surface area (Å²) in [7, 11) is 6.15. The van der Waals surface area contributed by atoms with Crippen molar-refractivity contribution in [1.82, 2.24) is 24.9 Å². The van der Waals surface area contributed by atoms with Gasteiger partial charge in [0.25, 0.3) is 0 Å². The minimum atomic E-state index is 0.214. The molecular formula is C22H35N7. The molecule has 1 aromatic carbocycles. The lowest BCUT2D eigenvalue weighted by Gasteiger charge is -2.38. The molecule has 1 aromatic heterocycles. The number of hydrogen-bond donors (Lipinski definition) is 1. The Morgan fingerprint density at radius 1 is 1.24 bits per heavy atom. The quantitative estimate of drug-likeness (QED) is 0.598. The molecule has 1 unspecified atom stereocenters. The Hall–Kier alpha value is -2.54. The number of aromatic nitrogens is 2. The molecule has 1 aliphatic rings. The Morgan fingerprint density at radius 3 is 2.59 bits per heavy atom. The maximum atomic E-state index is 4.99. The third-order valence-corrected chi connectivity index (χ3v) is 5.43. The molecule has 1 fully saturated rings. The standard InChI is InChI=1S/C22H35N7/c1-6-23-22(24-16-21(26(3)4)19-15-25-27(5)17-19)29-12-10-28(11-13-29)20-9-7-8-18(2)14-20/h7-9,14-15,17,21H,6,10-13,16H2,1-5H3,(H,23,24). The molecule has 1 N–H and O–H groups in total. The highest BCUT2D eigenvalue weighted by Gasteiger charge is 2.21. The number of nitrogens with one attached hydrogen (secondary N) is 1. The van der Waals surface area contributed by atoms with Gasteiger partial charge in [-0.2, -0.15) is 5.10 Å². The molecule has 29 heavy (non-hydrogen) atoms. The summed E-state index contributed by atoms with van der Waals surface area (Å²) in [5.74, 6) is 1.01. The van der Waals surface area contributed by atoms with Gasteiger partial charge in [0.2, 0.25) is 0 Å². The van der Waals surface area contributed by atoms with E-state index in [1.54, 1.807) is 0 Å². The number of rotatable bonds is 6. The molecule has 7 heteroatoms. The number of nitrogens with zero attached hydrogens (tertiary/aromatic N) is 6. The zero-order chi connectivity index (χ0) is 20.8. The molecule has 0 aliphatic carbocycles. The van der Waals surface area contributed by atoms with E-state index in [0.717, 1.165) is 38.7 Å². The number of piperazine rings is 1. The molecule has 1 aliphatic heterocycles. The van der Waals surface area contributed by atoms with E-state index >= 15 is 0 Å². The molecular weight excluding hydrogens is 362 g/mol. The van der Waals surface area contributed by atoms with Crippen molar-refractivity contribution in [2.75, 3.05) is 58.3 Å². The first-order valence-electron chi connectivity index (χ1n) is 10.5. The van der Waals surface area contributed by atoms with Crippen LogP contribution in [0.1, 0.15) is 24.1 Å². The predicted molar refractivity (Wildman–Crippen MR) is 121 cm³/mol. The normalized spacial score (nSPS) is 16.4. The maximum Gasteiger partial charge on any atom is 0.194 e. The summed E-state index contributed by atoms with van der Waals surface area (Å²) < 4.78 is 1.85. The fourth-order valence-electron chi connectivity index (χ4n) is 3.78. The van der Waals surface area contributed by atoms with Crippen LogP contribution < -0.4 is 10.2 Å². The number of aliphatic imine (C=N–C) groups is 1. The second-order valence-electron chi connectivity index (χ2n) is 7.93. The molecule has 1 atom stereocenters. The lowest BCUT2D eigenvalue weighted by molar-refractivity contribution is 0.303. The lowest BCUT2D eigenvalue weighted by atomic mass is 10.1. The Labute approximate surface area is 175 Å². The zero-order valence-corrected chi connectivity index (χ0v) is 18.5. The molecule has 2 heterocycles. The Balaban J connectivity index is 1.66. The van der Waals surface area contributed by atoms with E-state index in [-0.39, 0.29) is 6.04 Å². The van der Waals surface area contributed by atoms with Gasteiger partial charge in [0.05, 0.1) is 18.8 Å². The van der Waals surface area contributed by atoms with Gasteiger partial charge in [-0.15, -0.1) is 0 Å². The highest BCUT2D eigenvalue weighted by atomic mass is 15.3. The van der Waals surface area contributed by atoms with Crippen molar-refractivity contribution in [2.24, 2.45) is 12.0 Å². The van der Waals surface area contributed by atoms with Gasteiger partial charge < -0.3 is 20.0 Å². The Bertz CT molecular complexity index is 803. The topological polar surface area (TPSA) is 51.9 Å². The van der Waals surface area contributed by atoms with Crippen LogP contribution in [-0.4, -0.2) is 78.9 Å². The Kier molecular flexibility index (Phi) is 7.14. The number of anilines is 1. The maximum absolute atomic E-state index is 4.99. The smallest absolute Gasteiger partial charge is 0.194 e. The SMILES string of the molecule is CCNC(=NCC(c1cnn(C)c1)N(C)C)N1CCN(c2cccc(C)c2)CC1. The summed E-state index contributed by atoms with van der Waals surface area (Å²) in [5, 5.41) is 7.81. The molecule has 7 nitrogen and oxygen atoms in total. The van der Waals surface area contributed by atoms with Crippen LogP contribution in [0.5, 0.6) is 0 Å². The van der Waals surface area contributed by atoms with Crippen molar-refractivity contribution < 1.29 is 0 Å². The van der Waals surface area contributed by atoms with Crippen molar-refractivity contribution >= 4 is 11.6 Å². The van der Waals surface area contributed by atoms with E-state index in [4.69, 9.17) is 4.99 Å². The van der Waals surface area contributed by atoms with Crippen LogP contribution >= 0.6 is 0 Å². The molecule has 0 spiro atoms. The highest BCUT2D eigenvalue weighted by molar-refractivity contribution is 5.80. The van der Waals surface area contributed by atoms with Gasteiger partial charge in [0, 0.05) is 57.2 Å². The molecule has 0 saturated carbocycles. The number of guanidine groups is 1. The van der Waals surface area contributed by atoms with Crippen LogP contribution in [-0.2, 0) is 7.05 Å². The molecule has 2 aromatic rings. The summed E-state index contributed by atoms with van der Waals surface area (Å²) in [6, 6.07) is 8.98. The lowest BCUT2D eigenvalue weighted by Crippen LogP contribution is -2.52. The molecule has 3 rings (SSSR count). The summed E-state index contributed by atoms with van der Waals surface area (Å²) in [6.45, 7) is 9.82. The summed E-state index contributed by atoms with van der Waals surface area (Å²) in [5.41, 5.74) is 3.82. The fraction of sp³-hybridized carbons (Fsp3) is 0.545. The van der Waals surface area contributed by atoms with Gasteiger partial charge in [-0.1, -0.05) is 12.1 Å². The zero-order valence-electron chi connectivity index (χ0n) is 18.5. The number of hydrogen-bond acceptors (Lipinski definition) is 4. The van der Waals surface area contributed by atoms with Crippen molar-refractivity contribution in [3.8, 4) is 0 Å². The van der Waals surface area contributed by atoms with Crippen LogP contribution in [0.4, 0.5) is 5.69 Å². The fourth-order valence-corrected chi connectivity index (χ4v) is 3.78. The first kappa shape index (κ1) is 21.2. The minimum absolute atomic E-state index is 0.214. The van der Waals surface area contributed by atoms with Gasteiger partial charge in [0.1, 0.15) is 0 Å². The van der Waals surface area contributed by atoms with Crippen LogP contribution in [0, 0.1) is 6.92 Å². The summed E-state index contributed by atoms with van der Waals surface area (Å²) in [6.07, 6.45) is 4.02. The molecule has 158 valence electrons. The summed E-state index contributed by atoms with van der Waals surface area (Å²) in [4.78, 5) is 12.0. The molecule has 0 radical (unpaired) electrons. The van der Waals surface area contributed by atoms with E-state index in [9.17, 15) is 0 Å². The van der Waals surface area contributed by atoms with Crippen LogP contribution in [0.25, 0.3) is 0 Å². The van der Waals surface area contributed by atoms with Crippen LogP contribution in [0.2, 0.25) is 0 Å². The average Bonchev–Trinajstić information content (AvgIpc) is 3.13.